The van der Waals surface area contributed by atoms with Gasteiger partial charge in [0.2, 0.25) is 0 Å². The minimum Gasteiger partial charge on any atom is -0.361 e. The molecule has 2 heterocycles. The molecule has 0 spiro atoms. The Balaban J connectivity index is 2.02. The number of para-hydroxylation sites is 1. The molecule has 2 aromatic heterocycles. The summed E-state index contributed by atoms with van der Waals surface area (Å²) in [4.78, 5) is 0. The summed E-state index contributed by atoms with van der Waals surface area (Å²) in [6.45, 7) is 8.77. The lowest BCUT2D eigenvalue weighted by Crippen LogP contribution is -2.11. The van der Waals surface area contributed by atoms with Gasteiger partial charge < -0.3 is 14.4 Å². The van der Waals surface area contributed by atoms with Gasteiger partial charge in [0.1, 0.15) is 5.76 Å². The molecule has 3 aromatic rings. The van der Waals surface area contributed by atoms with Gasteiger partial charge in [-0.1, -0.05) is 30.3 Å². The molecule has 110 valence electrons. The van der Waals surface area contributed by atoms with E-state index >= 15 is 0 Å². The molecule has 4 heteroatoms. The molecule has 0 aliphatic rings. The second-order valence-electron chi connectivity index (χ2n) is 5.38. The summed E-state index contributed by atoms with van der Waals surface area (Å²) in [5.74, 6) is 0.901. The van der Waals surface area contributed by atoms with Crippen molar-refractivity contribution < 1.29 is 4.52 Å². The number of fused-ring (bicyclic) bond motifs is 1. The molecule has 0 aliphatic heterocycles. The van der Waals surface area contributed by atoms with Gasteiger partial charge in [-0.3, -0.25) is 0 Å². The number of nitrogens with zero attached hydrogens (tertiary/aromatic N) is 2. The lowest BCUT2D eigenvalue weighted by atomic mass is 10.2. The number of hydrogen-bond donors (Lipinski definition) is 1. The Labute approximate surface area is 124 Å². The first kappa shape index (κ1) is 13.9. The van der Waals surface area contributed by atoms with Gasteiger partial charge in [0.25, 0.3) is 0 Å². The van der Waals surface area contributed by atoms with Crippen LogP contribution < -0.4 is 5.32 Å². The third kappa shape index (κ3) is 2.59. The highest BCUT2D eigenvalue weighted by molar-refractivity contribution is 5.84. The fourth-order valence-electron chi connectivity index (χ4n) is 2.75. The molecule has 0 fully saturated rings. The zero-order valence-electron chi connectivity index (χ0n) is 12.8. The van der Waals surface area contributed by atoms with E-state index in [-0.39, 0.29) is 0 Å². The molecule has 4 nitrogen and oxygen atoms in total. The van der Waals surface area contributed by atoms with Crippen LogP contribution in [0.2, 0.25) is 0 Å². The second kappa shape index (κ2) is 5.74. The fourth-order valence-corrected chi connectivity index (χ4v) is 2.75. The number of benzene rings is 1. The zero-order valence-corrected chi connectivity index (χ0v) is 12.8. The Kier molecular flexibility index (Phi) is 3.80. The van der Waals surface area contributed by atoms with E-state index in [4.69, 9.17) is 4.52 Å². The minimum absolute atomic E-state index is 0.799. The van der Waals surface area contributed by atoms with Gasteiger partial charge in [0.15, 0.2) is 0 Å². The summed E-state index contributed by atoms with van der Waals surface area (Å²) < 4.78 is 7.56. The van der Waals surface area contributed by atoms with Crippen LogP contribution in [0, 0.1) is 13.8 Å². The SMILES string of the molecule is CCNCc1cn(Cc2c(C)noc2C)c2ccccc12. The molecule has 0 unspecified atom stereocenters. The van der Waals surface area contributed by atoms with Crippen molar-refractivity contribution in [1.82, 2.24) is 15.0 Å². The highest BCUT2D eigenvalue weighted by Gasteiger charge is 2.13. The number of hydrogen-bond acceptors (Lipinski definition) is 3. The number of rotatable bonds is 5. The Hall–Kier alpha value is -2.07. The Morgan fingerprint density at radius 1 is 1.24 bits per heavy atom. The quantitative estimate of drug-likeness (QED) is 0.780. The molecular weight excluding hydrogens is 262 g/mol. The van der Waals surface area contributed by atoms with Crippen molar-refractivity contribution in [2.75, 3.05) is 6.54 Å². The monoisotopic (exact) mass is 283 g/mol. The summed E-state index contributed by atoms with van der Waals surface area (Å²) in [7, 11) is 0. The normalized spacial score (nSPS) is 11.4. The molecule has 0 bridgehead atoms. The van der Waals surface area contributed by atoms with E-state index in [1.54, 1.807) is 0 Å². The van der Waals surface area contributed by atoms with Gasteiger partial charge >= 0.3 is 0 Å². The molecule has 1 N–H and O–H groups in total. The van der Waals surface area contributed by atoms with Crippen molar-refractivity contribution in [3.63, 3.8) is 0 Å². The van der Waals surface area contributed by atoms with Gasteiger partial charge in [-0.05, 0) is 32.0 Å². The summed E-state index contributed by atoms with van der Waals surface area (Å²) in [6, 6.07) is 8.54. The van der Waals surface area contributed by atoms with Crippen molar-refractivity contribution >= 4 is 10.9 Å². The smallest absolute Gasteiger partial charge is 0.138 e. The van der Waals surface area contributed by atoms with E-state index in [2.05, 4.69) is 52.4 Å². The van der Waals surface area contributed by atoms with Gasteiger partial charge in [0.05, 0.1) is 12.2 Å². The summed E-state index contributed by atoms with van der Waals surface area (Å²) in [6.07, 6.45) is 2.24. The van der Waals surface area contributed by atoms with Crippen LogP contribution in [0.4, 0.5) is 0 Å². The molecule has 1 aromatic carbocycles. The Morgan fingerprint density at radius 2 is 2.05 bits per heavy atom. The Morgan fingerprint density at radius 3 is 2.76 bits per heavy atom. The van der Waals surface area contributed by atoms with Crippen LogP contribution >= 0.6 is 0 Å². The van der Waals surface area contributed by atoms with E-state index in [1.807, 2.05) is 13.8 Å². The van der Waals surface area contributed by atoms with Crippen LogP contribution in [-0.2, 0) is 13.1 Å². The molecule has 0 aliphatic carbocycles. The maximum absolute atomic E-state index is 5.28. The van der Waals surface area contributed by atoms with Crippen LogP contribution in [0.25, 0.3) is 10.9 Å². The lowest BCUT2D eigenvalue weighted by molar-refractivity contribution is 0.392. The molecular formula is C17H21N3O. The molecule has 0 radical (unpaired) electrons. The highest BCUT2D eigenvalue weighted by atomic mass is 16.5. The van der Waals surface area contributed by atoms with Crippen molar-refractivity contribution in [2.45, 2.75) is 33.9 Å². The van der Waals surface area contributed by atoms with E-state index in [0.717, 1.165) is 31.1 Å². The number of aryl methyl sites for hydroxylation is 2. The van der Waals surface area contributed by atoms with Crippen molar-refractivity contribution in [2.24, 2.45) is 0 Å². The van der Waals surface area contributed by atoms with Gasteiger partial charge in [-0.2, -0.15) is 0 Å². The highest BCUT2D eigenvalue weighted by Crippen LogP contribution is 2.24. The molecule has 0 saturated heterocycles. The lowest BCUT2D eigenvalue weighted by Gasteiger charge is -2.04. The van der Waals surface area contributed by atoms with Crippen molar-refractivity contribution in [3.05, 3.63) is 53.0 Å². The average Bonchev–Trinajstić information content (AvgIpc) is 3.01. The predicted octanol–water partition coefficient (Wildman–Crippen LogP) is 3.40. The van der Waals surface area contributed by atoms with Gasteiger partial charge in [-0.15, -0.1) is 0 Å². The topological polar surface area (TPSA) is 43.0 Å². The maximum Gasteiger partial charge on any atom is 0.138 e. The third-order valence-corrected chi connectivity index (χ3v) is 3.95. The molecule has 0 saturated carbocycles. The van der Waals surface area contributed by atoms with Crippen molar-refractivity contribution in [1.29, 1.82) is 0 Å². The largest absolute Gasteiger partial charge is 0.361 e. The molecule has 21 heavy (non-hydrogen) atoms. The first-order chi connectivity index (χ1) is 10.2. The van der Waals surface area contributed by atoms with Crippen LogP contribution in [0.3, 0.4) is 0 Å². The summed E-state index contributed by atoms with van der Waals surface area (Å²) in [5.41, 5.74) is 4.73. The third-order valence-electron chi connectivity index (χ3n) is 3.95. The number of nitrogens with one attached hydrogen (secondary N) is 1. The van der Waals surface area contributed by atoms with Gasteiger partial charge in [0, 0.05) is 29.2 Å². The van der Waals surface area contributed by atoms with Crippen LogP contribution in [0.1, 0.15) is 29.5 Å². The molecule has 0 atom stereocenters. The van der Waals surface area contributed by atoms with Crippen LogP contribution in [0.5, 0.6) is 0 Å². The predicted molar refractivity (Wildman–Crippen MR) is 84.4 cm³/mol. The second-order valence-corrected chi connectivity index (χ2v) is 5.38. The molecule has 3 rings (SSSR count). The fraction of sp³-hybridized carbons (Fsp3) is 0.353. The first-order valence-electron chi connectivity index (χ1n) is 7.40. The van der Waals surface area contributed by atoms with Gasteiger partial charge in [-0.25, -0.2) is 0 Å². The first-order valence-corrected chi connectivity index (χ1v) is 7.40. The summed E-state index contributed by atoms with van der Waals surface area (Å²) >= 11 is 0. The Bertz CT molecular complexity index is 735. The maximum atomic E-state index is 5.28. The van der Waals surface area contributed by atoms with Crippen LogP contribution in [0.15, 0.2) is 35.0 Å². The number of aromatic nitrogens is 2. The minimum atomic E-state index is 0.799. The average molecular weight is 283 g/mol. The molecule has 0 amide bonds. The van der Waals surface area contributed by atoms with Crippen molar-refractivity contribution in [3.8, 4) is 0 Å². The van der Waals surface area contributed by atoms with E-state index in [1.165, 1.54) is 22.0 Å². The zero-order chi connectivity index (χ0) is 14.8. The summed E-state index contributed by atoms with van der Waals surface area (Å²) in [5, 5.41) is 8.77. The van der Waals surface area contributed by atoms with E-state index in [0.29, 0.717) is 0 Å². The van der Waals surface area contributed by atoms with E-state index in [9.17, 15) is 0 Å². The standard InChI is InChI=1S/C17H21N3O/c1-4-18-9-14-10-20(17-8-6-5-7-15(14)17)11-16-12(2)19-21-13(16)3/h5-8,10,18H,4,9,11H2,1-3H3. The van der Waals surface area contributed by atoms with E-state index < -0.39 is 0 Å². The van der Waals surface area contributed by atoms with Crippen LogP contribution in [-0.4, -0.2) is 16.3 Å².